The topological polar surface area (TPSA) is 78.9 Å². The van der Waals surface area contributed by atoms with Crippen molar-refractivity contribution in [3.63, 3.8) is 0 Å². The van der Waals surface area contributed by atoms with Gasteiger partial charge < -0.3 is 14.2 Å². The van der Waals surface area contributed by atoms with Gasteiger partial charge in [0.25, 0.3) is 0 Å². The van der Waals surface area contributed by atoms with E-state index in [2.05, 4.69) is 27.7 Å². The number of hydrogen-bond acceptors (Lipinski definition) is 6. The summed E-state index contributed by atoms with van der Waals surface area (Å²) in [4.78, 5) is 38.0. The quantitative estimate of drug-likeness (QED) is 0.0344. The number of esters is 3. The zero-order chi connectivity index (χ0) is 45.9. The minimum atomic E-state index is -0.761. The summed E-state index contributed by atoms with van der Waals surface area (Å²) in [5, 5.41) is 0. The minimum absolute atomic E-state index is 0.0621. The summed E-state index contributed by atoms with van der Waals surface area (Å²) >= 11 is 0. The third-order valence-corrected chi connectivity index (χ3v) is 13.0. The van der Waals surface area contributed by atoms with Gasteiger partial charge in [0.05, 0.1) is 0 Å². The molecule has 0 aromatic heterocycles. The molecule has 0 aromatic rings. The van der Waals surface area contributed by atoms with E-state index >= 15 is 0 Å². The first-order valence-electron chi connectivity index (χ1n) is 28.4. The molecule has 0 aliphatic carbocycles. The molecule has 0 saturated carbocycles. The van der Waals surface area contributed by atoms with Gasteiger partial charge in [-0.15, -0.1) is 0 Å². The van der Waals surface area contributed by atoms with Gasteiger partial charge in [-0.3, -0.25) is 14.4 Å². The number of hydrogen-bond donors (Lipinski definition) is 0. The molecule has 0 spiro atoms. The van der Waals surface area contributed by atoms with E-state index in [-0.39, 0.29) is 31.1 Å². The predicted octanol–water partition coefficient (Wildman–Crippen LogP) is 18.6. The van der Waals surface area contributed by atoms with Gasteiger partial charge in [0, 0.05) is 19.3 Å². The zero-order valence-corrected chi connectivity index (χ0v) is 43.0. The molecule has 0 bridgehead atoms. The summed E-state index contributed by atoms with van der Waals surface area (Å²) < 4.78 is 16.8. The van der Waals surface area contributed by atoms with E-state index in [1.807, 2.05) is 0 Å². The van der Waals surface area contributed by atoms with Crippen molar-refractivity contribution >= 4 is 17.9 Å². The van der Waals surface area contributed by atoms with Crippen molar-refractivity contribution in [1.29, 1.82) is 0 Å². The molecule has 0 unspecified atom stereocenters. The van der Waals surface area contributed by atoms with Crippen molar-refractivity contribution in [3.8, 4) is 0 Å². The molecule has 0 saturated heterocycles. The lowest BCUT2D eigenvalue weighted by molar-refractivity contribution is -0.167. The highest BCUT2D eigenvalue weighted by atomic mass is 16.6. The van der Waals surface area contributed by atoms with Gasteiger partial charge in [-0.05, 0) is 25.2 Å². The molecule has 0 aliphatic heterocycles. The number of carbonyl (C=O) groups is 3. The SMILES string of the molecule is CCCCCCCCCCCCCCCCCCCCC(=O)OC[C@H](COC(=O)CCCCCCCCCCCCCCCCC(C)C)OC(=O)CCCCCCCCCCCC. The van der Waals surface area contributed by atoms with Crippen LogP contribution in [0.5, 0.6) is 0 Å². The summed E-state index contributed by atoms with van der Waals surface area (Å²) in [6.45, 7) is 9.05. The van der Waals surface area contributed by atoms with E-state index < -0.39 is 6.10 Å². The molecule has 63 heavy (non-hydrogen) atoms. The van der Waals surface area contributed by atoms with E-state index in [0.717, 1.165) is 63.7 Å². The van der Waals surface area contributed by atoms with Crippen LogP contribution in [-0.4, -0.2) is 37.2 Å². The first-order valence-corrected chi connectivity index (χ1v) is 28.4. The third kappa shape index (κ3) is 51.3. The largest absolute Gasteiger partial charge is 0.462 e. The van der Waals surface area contributed by atoms with Crippen molar-refractivity contribution in [2.45, 2.75) is 329 Å². The maximum atomic E-state index is 12.8. The van der Waals surface area contributed by atoms with Crippen LogP contribution >= 0.6 is 0 Å². The molecule has 374 valence electrons. The molecular weight excluding hydrogens is 781 g/mol. The van der Waals surface area contributed by atoms with E-state index in [9.17, 15) is 14.4 Å². The van der Waals surface area contributed by atoms with Crippen molar-refractivity contribution < 1.29 is 28.6 Å². The number of unbranched alkanes of at least 4 members (excludes halogenated alkanes) is 39. The van der Waals surface area contributed by atoms with Crippen LogP contribution in [0.1, 0.15) is 323 Å². The molecule has 6 heteroatoms. The van der Waals surface area contributed by atoms with Gasteiger partial charge in [0.2, 0.25) is 0 Å². The first kappa shape index (κ1) is 61.4. The van der Waals surface area contributed by atoms with E-state index in [0.29, 0.717) is 19.3 Å². The fourth-order valence-electron chi connectivity index (χ4n) is 8.75. The zero-order valence-electron chi connectivity index (χ0n) is 43.0. The maximum absolute atomic E-state index is 12.8. The lowest BCUT2D eigenvalue weighted by Gasteiger charge is -2.18. The van der Waals surface area contributed by atoms with Gasteiger partial charge in [-0.25, -0.2) is 0 Å². The van der Waals surface area contributed by atoms with Crippen LogP contribution in [0.25, 0.3) is 0 Å². The Morgan fingerprint density at radius 1 is 0.302 bits per heavy atom. The summed E-state index contributed by atoms with van der Waals surface area (Å²) in [6.07, 6.45) is 55.2. The Hall–Kier alpha value is -1.59. The summed E-state index contributed by atoms with van der Waals surface area (Å²) in [6, 6.07) is 0. The van der Waals surface area contributed by atoms with Gasteiger partial charge in [0.15, 0.2) is 6.10 Å². The predicted molar refractivity (Wildman–Crippen MR) is 270 cm³/mol. The second-order valence-corrected chi connectivity index (χ2v) is 20.1. The van der Waals surface area contributed by atoms with E-state index in [1.165, 1.54) is 218 Å². The number of rotatable bonds is 52. The fourth-order valence-corrected chi connectivity index (χ4v) is 8.75. The van der Waals surface area contributed by atoms with Gasteiger partial charge >= 0.3 is 17.9 Å². The number of ether oxygens (including phenoxy) is 3. The smallest absolute Gasteiger partial charge is 0.306 e. The summed E-state index contributed by atoms with van der Waals surface area (Å²) in [5.74, 6) is 0.00572. The minimum Gasteiger partial charge on any atom is -0.462 e. The molecular formula is C57H110O6. The average molecular weight is 892 g/mol. The molecule has 0 aliphatic rings. The Morgan fingerprint density at radius 2 is 0.524 bits per heavy atom. The molecule has 0 rings (SSSR count). The Kier molecular flexibility index (Phi) is 50.1. The summed E-state index contributed by atoms with van der Waals surface area (Å²) in [5.41, 5.74) is 0. The molecule has 0 aromatic carbocycles. The second-order valence-electron chi connectivity index (χ2n) is 20.1. The van der Waals surface area contributed by atoms with E-state index in [1.54, 1.807) is 0 Å². The summed E-state index contributed by atoms with van der Waals surface area (Å²) in [7, 11) is 0. The third-order valence-electron chi connectivity index (χ3n) is 13.0. The van der Waals surface area contributed by atoms with Gasteiger partial charge in [-0.1, -0.05) is 285 Å². The van der Waals surface area contributed by atoms with E-state index in [4.69, 9.17) is 14.2 Å². The Bertz CT molecular complexity index is 949. The van der Waals surface area contributed by atoms with Crippen molar-refractivity contribution in [2.75, 3.05) is 13.2 Å². The standard InChI is InChI=1S/C57H110O6/c1-5-7-9-11-13-15-17-18-19-20-21-22-26-29-33-36-40-44-48-55(58)61-51-54(63-57(60)50-46-42-38-32-16-14-12-10-8-6-2)52-62-56(59)49-45-41-37-34-30-27-24-23-25-28-31-35-39-43-47-53(3)4/h53-54H,5-52H2,1-4H3/t54-/m1/s1. The van der Waals surface area contributed by atoms with Gasteiger partial charge in [-0.2, -0.15) is 0 Å². The van der Waals surface area contributed by atoms with Crippen LogP contribution in [0.2, 0.25) is 0 Å². The second kappa shape index (κ2) is 51.4. The van der Waals surface area contributed by atoms with Crippen LogP contribution in [0.3, 0.4) is 0 Å². The van der Waals surface area contributed by atoms with Crippen molar-refractivity contribution in [2.24, 2.45) is 5.92 Å². The Balaban J connectivity index is 4.21. The highest BCUT2D eigenvalue weighted by molar-refractivity contribution is 5.71. The fraction of sp³-hybridized carbons (Fsp3) is 0.947. The first-order chi connectivity index (χ1) is 30.9. The van der Waals surface area contributed by atoms with Crippen LogP contribution in [0, 0.1) is 5.92 Å². The molecule has 0 amide bonds. The molecule has 1 atom stereocenters. The molecule has 0 heterocycles. The Labute approximate surface area is 393 Å². The normalized spacial score (nSPS) is 12.0. The lowest BCUT2D eigenvalue weighted by Crippen LogP contribution is -2.30. The van der Waals surface area contributed by atoms with Crippen LogP contribution in [0.4, 0.5) is 0 Å². The maximum Gasteiger partial charge on any atom is 0.306 e. The average Bonchev–Trinajstić information content (AvgIpc) is 3.27. The Morgan fingerprint density at radius 3 is 0.778 bits per heavy atom. The van der Waals surface area contributed by atoms with Crippen molar-refractivity contribution in [3.05, 3.63) is 0 Å². The highest BCUT2D eigenvalue weighted by Crippen LogP contribution is 2.18. The lowest BCUT2D eigenvalue weighted by atomic mass is 10.0. The molecule has 0 N–H and O–H groups in total. The highest BCUT2D eigenvalue weighted by Gasteiger charge is 2.19. The molecule has 0 radical (unpaired) electrons. The monoisotopic (exact) mass is 891 g/mol. The number of carbonyl (C=O) groups excluding carboxylic acids is 3. The van der Waals surface area contributed by atoms with Crippen LogP contribution in [-0.2, 0) is 28.6 Å². The van der Waals surface area contributed by atoms with Gasteiger partial charge in [0.1, 0.15) is 13.2 Å². The van der Waals surface area contributed by atoms with Crippen LogP contribution < -0.4 is 0 Å². The molecule has 6 nitrogen and oxygen atoms in total. The van der Waals surface area contributed by atoms with Crippen LogP contribution in [0.15, 0.2) is 0 Å². The molecule has 0 fully saturated rings. The van der Waals surface area contributed by atoms with Crippen molar-refractivity contribution in [1.82, 2.24) is 0 Å².